The van der Waals surface area contributed by atoms with Crippen LogP contribution in [0.15, 0.2) is 64.0 Å². The number of hydrogen-bond donors (Lipinski definition) is 2. The van der Waals surface area contributed by atoms with Gasteiger partial charge in [-0.2, -0.15) is 5.11 Å². The third kappa shape index (κ3) is 6.52. The van der Waals surface area contributed by atoms with Crippen LogP contribution in [-0.2, 0) is 17.7 Å². The van der Waals surface area contributed by atoms with Crippen molar-refractivity contribution in [3.63, 3.8) is 0 Å². The largest absolute Gasteiger partial charge is 0.432 e. The zero-order valence-electron chi connectivity index (χ0n) is 20.0. The number of aryl methyl sites for hydroxylation is 1. The lowest BCUT2D eigenvalue weighted by atomic mass is 9.98. The Morgan fingerprint density at radius 3 is 2.60 bits per heavy atom. The van der Waals surface area contributed by atoms with Gasteiger partial charge in [0.2, 0.25) is 0 Å². The van der Waals surface area contributed by atoms with Crippen LogP contribution in [0, 0.1) is 0 Å². The van der Waals surface area contributed by atoms with E-state index in [4.69, 9.17) is 22.1 Å². The van der Waals surface area contributed by atoms with E-state index in [0.717, 1.165) is 35.1 Å². The Kier molecular flexibility index (Phi) is 9.11. The summed E-state index contributed by atoms with van der Waals surface area (Å²) in [5.74, 6) is 0.243. The highest BCUT2D eigenvalue weighted by atomic mass is 35.5. The molecule has 0 aliphatic rings. The van der Waals surface area contributed by atoms with Crippen molar-refractivity contribution in [2.45, 2.75) is 45.9 Å². The predicted molar refractivity (Wildman–Crippen MR) is 135 cm³/mol. The molecule has 3 rings (SSSR count). The minimum Gasteiger partial charge on any atom is -0.432 e. The fourth-order valence-electron chi connectivity index (χ4n) is 3.65. The van der Waals surface area contributed by atoms with Crippen LogP contribution in [0.5, 0.6) is 0 Å². The number of aliphatic hydroxyl groups excluding tert-OH is 1. The molecule has 3 N–H and O–H groups in total. The zero-order chi connectivity index (χ0) is 25.4. The summed E-state index contributed by atoms with van der Waals surface area (Å²) in [6, 6.07) is 15.5. The topological polar surface area (TPSA) is 127 Å². The van der Waals surface area contributed by atoms with E-state index in [2.05, 4.69) is 27.3 Å². The molecular formula is C25H29ClN6O3. The number of esters is 1. The van der Waals surface area contributed by atoms with Gasteiger partial charge in [-0.25, -0.2) is 9.78 Å². The van der Waals surface area contributed by atoms with Crippen molar-refractivity contribution >= 4 is 23.4 Å². The maximum Gasteiger partial charge on any atom is 0.360 e. The third-order valence-corrected chi connectivity index (χ3v) is 5.54. The molecule has 0 aliphatic heterocycles. The number of aliphatic hydroxyl groups is 1. The van der Waals surface area contributed by atoms with Crippen LogP contribution in [0.3, 0.4) is 0 Å². The van der Waals surface area contributed by atoms with Crippen molar-refractivity contribution in [2.75, 3.05) is 7.05 Å². The van der Waals surface area contributed by atoms with E-state index in [1.165, 1.54) is 14.0 Å². The van der Waals surface area contributed by atoms with Gasteiger partial charge in [-0.3, -0.25) is 0 Å². The van der Waals surface area contributed by atoms with Crippen LogP contribution < -0.4 is 5.73 Å². The lowest BCUT2D eigenvalue weighted by Gasteiger charge is -2.14. The SMILES string of the molecule is CCCCc1nc(Cl)c(C(=O)OC(C)O)n1Cc1ccc(-c2ccccc2/C(N)=N/N=N\C)cc1. The highest BCUT2D eigenvalue weighted by Gasteiger charge is 2.24. The number of imidazole rings is 1. The molecule has 0 fully saturated rings. The van der Waals surface area contributed by atoms with E-state index in [-0.39, 0.29) is 16.7 Å². The molecule has 0 saturated heterocycles. The molecule has 3 aromatic rings. The Labute approximate surface area is 209 Å². The van der Waals surface area contributed by atoms with Crippen LogP contribution in [0.1, 0.15) is 54.1 Å². The van der Waals surface area contributed by atoms with E-state index < -0.39 is 12.3 Å². The second-order valence-corrected chi connectivity index (χ2v) is 8.24. The summed E-state index contributed by atoms with van der Waals surface area (Å²) in [5.41, 5.74) is 9.76. The van der Waals surface area contributed by atoms with Gasteiger partial charge in [0, 0.05) is 18.5 Å². The number of nitrogens with two attached hydrogens (primary N) is 1. The van der Waals surface area contributed by atoms with Gasteiger partial charge >= 0.3 is 5.97 Å². The minimum absolute atomic E-state index is 0.0614. The molecule has 0 saturated carbocycles. The molecule has 1 unspecified atom stereocenters. The molecule has 1 atom stereocenters. The molecule has 35 heavy (non-hydrogen) atoms. The Bertz CT molecular complexity index is 1220. The van der Waals surface area contributed by atoms with Gasteiger partial charge in [0.1, 0.15) is 5.82 Å². The maximum atomic E-state index is 12.6. The first kappa shape index (κ1) is 26.1. The van der Waals surface area contributed by atoms with Gasteiger partial charge in [0.15, 0.2) is 23.0 Å². The van der Waals surface area contributed by atoms with E-state index in [1.54, 1.807) is 4.57 Å². The Hall–Kier alpha value is -3.56. The molecule has 0 radical (unpaired) electrons. The highest BCUT2D eigenvalue weighted by molar-refractivity contribution is 6.32. The first-order valence-electron chi connectivity index (χ1n) is 11.3. The number of hydrogen-bond acceptors (Lipinski definition) is 6. The third-order valence-electron chi connectivity index (χ3n) is 5.28. The first-order valence-corrected chi connectivity index (χ1v) is 11.7. The van der Waals surface area contributed by atoms with E-state index in [0.29, 0.717) is 18.8 Å². The van der Waals surface area contributed by atoms with Crippen LogP contribution in [0.4, 0.5) is 0 Å². The molecule has 0 bridgehead atoms. The van der Waals surface area contributed by atoms with E-state index >= 15 is 0 Å². The van der Waals surface area contributed by atoms with E-state index in [1.807, 2.05) is 48.5 Å². The van der Waals surface area contributed by atoms with Crippen molar-refractivity contribution in [3.05, 3.63) is 76.3 Å². The number of aromatic nitrogens is 2. The second-order valence-electron chi connectivity index (χ2n) is 7.88. The number of benzene rings is 2. The standard InChI is InChI=1S/C25H29ClN6O3/c1-4-5-10-21-29-23(26)22(25(34)35-16(2)33)32(21)15-17-11-13-18(14-12-17)19-8-6-7-9-20(19)24(27)30-31-28-3/h6-9,11-14,16,33H,4-5,10,15H2,1-3H3,(H2,27,28,30). The molecule has 1 aromatic heterocycles. The summed E-state index contributed by atoms with van der Waals surface area (Å²) in [7, 11) is 1.53. The lowest BCUT2D eigenvalue weighted by Crippen LogP contribution is -2.19. The smallest absolute Gasteiger partial charge is 0.360 e. The second kappa shape index (κ2) is 12.2. The number of carbonyl (C=O) groups is 1. The average Bonchev–Trinajstić information content (AvgIpc) is 3.15. The summed E-state index contributed by atoms with van der Waals surface area (Å²) >= 11 is 6.31. The first-order chi connectivity index (χ1) is 16.8. The normalized spacial score (nSPS) is 12.8. The summed E-state index contributed by atoms with van der Waals surface area (Å²) in [5, 5.41) is 20.7. The minimum atomic E-state index is -1.25. The Morgan fingerprint density at radius 1 is 1.23 bits per heavy atom. The van der Waals surface area contributed by atoms with Crippen LogP contribution in [0.2, 0.25) is 5.15 Å². The summed E-state index contributed by atoms with van der Waals surface area (Å²) in [4.78, 5) is 17.0. The summed E-state index contributed by atoms with van der Waals surface area (Å²) < 4.78 is 6.74. The van der Waals surface area contributed by atoms with Crippen molar-refractivity contribution in [1.82, 2.24) is 9.55 Å². The molecular weight excluding hydrogens is 468 g/mol. The van der Waals surface area contributed by atoms with Gasteiger partial charge in [0.25, 0.3) is 0 Å². The van der Waals surface area contributed by atoms with Crippen molar-refractivity contribution in [1.29, 1.82) is 0 Å². The number of ether oxygens (including phenoxy) is 1. The van der Waals surface area contributed by atoms with Crippen molar-refractivity contribution in [3.8, 4) is 11.1 Å². The van der Waals surface area contributed by atoms with E-state index in [9.17, 15) is 9.90 Å². The number of carbonyl (C=O) groups excluding carboxylic acids is 1. The molecule has 0 spiro atoms. The summed E-state index contributed by atoms with van der Waals surface area (Å²) in [6.45, 7) is 3.81. The maximum absolute atomic E-state index is 12.6. The number of rotatable bonds is 10. The lowest BCUT2D eigenvalue weighted by molar-refractivity contribution is -0.0530. The van der Waals surface area contributed by atoms with Gasteiger partial charge in [0.05, 0.1) is 7.05 Å². The highest BCUT2D eigenvalue weighted by Crippen LogP contribution is 2.26. The van der Waals surface area contributed by atoms with Gasteiger partial charge < -0.3 is 20.1 Å². The van der Waals surface area contributed by atoms with Gasteiger partial charge in [-0.15, -0.1) is 5.10 Å². The van der Waals surface area contributed by atoms with Crippen LogP contribution in [-0.4, -0.2) is 39.8 Å². The zero-order valence-corrected chi connectivity index (χ0v) is 20.7. The Morgan fingerprint density at radius 2 is 1.94 bits per heavy atom. The molecule has 1 heterocycles. The fraction of sp³-hybridized carbons (Fsp3) is 0.320. The van der Waals surface area contributed by atoms with Gasteiger partial charge in [-0.1, -0.05) is 73.5 Å². The number of amidine groups is 1. The summed E-state index contributed by atoms with van der Waals surface area (Å²) in [6.07, 6.45) is 1.28. The molecule has 184 valence electrons. The fourth-order valence-corrected chi connectivity index (χ4v) is 3.92. The number of halogens is 1. The van der Waals surface area contributed by atoms with Crippen molar-refractivity contribution < 1.29 is 14.6 Å². The molecule has 0 amide bonds. The number of nitrogens with zero attached hydrogens (tertiary/aromatic N) is 5. The monoisotopic (exact) mass is 496 g/mol. The Balaban J connectivity index is 1.94. The number of unbranched alkanes of at least 4 members (excludes halogenated alkanes) is 1. The average molecular weight is 497 g/mol. The molecule has 2 aromatic carbocycles. The van der Waals surface area contributed by atoms with Gasteiger partial charge in [-0.05, 0) is 35.3 Å². The molecule has 0 aliphatic carbocycles. The quantitative estimate of drug-likeness (QED) is 0.104. The molecule has 10 heteroatoms. The van der Waals surface area contributed by atoms with Crippen molar-refractivity contribution in [2.24, 2.45) is 21.2 Å². The van der Waals surface area contributed by atoms with Crippen LogP contribution >= 0.6 is 11.6 Å². The predicted octanol–water partition coefficient (Wildman–Crippen LogP) is 4.79. The molecule has 9 nitrogen and oxygen atoms in total. The van der Waals surface area contributed by atoms with Crippen LogP contribution in [0.25, 0.3) is 11.1 Å².